The van der Waals surface area contributed by atoms with Crippen molar-refractivity contribution in [2.45, 2.75) is 53.6 Å². The minimum absolute atomic E-state index is 0.265. The molecule has 0 saturated heterocycles. The maximum absolute atomic E-state index is 11.4. The Labute approximate surface area is 127 Å². The monoisotopic (exact) mass is 293 g/mol. The lowest BCUT2D eigenvalue weighted by molar-refractivity contribution is 0.0696. The zero-order chi connectivity index (χ0) is 16.2. The molecular formula is C16H27N3O2. The number of hydrogen-bond acceptors (Lipinski definition) is 4. The third-order valence-electron chi connectivity index (χ3n) is 3.55. The summed E-state index contributed by atoms with van der Waals surface area (Å²) in [6.45, 7) is 13.9. The Kier molecular flexibility index (Phi) is 6.15. The first-order valence-corrected chi connectivity index (χ1v) is 7.45. The summed E-state index contributed by atoms with van der Waals surface area (Å²) in [4.78, 5) is 18.0. The van der Waals surface area contributed by atoms with Gasteiger partial charge in [-0.1, -0.05) is 0 Å². The summed E-state index contributed by atoms with van der Waals surface area (Å²) in [5.74, 6) is -0.938. The Morgan fingerprint density at radius 3 is 2.33 bits per heavy atom. The molecule has 0 unspecified atom stereocenters. The average molecular weight is 293 g/mol. The third-order valence-corrected chi connectivity index (χ3v) is 3.55. The van der Waals surface area contributed by atoms with E-state index in [4.69, 9.17) is 0 Å². The molecule has 0 amide bonds. The lowest BCUT2D eigenvalue weighted by Gasteiger charge is -2.30. The Bertz CT molecular complexity index is 491. The van der Waals surface area contributed by atoms with E-state index in [1.807, 2.05) is 6.92 Å². The molecule has 1 rings (SSSR count). The fourth-order valence-corrected chi connectivity index (χ4v) is 2.67. The summed E-state index contributed by atoms with van der Waals surface area (Å²) in [5, 5.41) is 12.6. The second kappa shape index (κ2) is 7.41. The van der Waals surface area contributed by atoms with Crippen LogP contribution in [0.1, 0.15) is 49.4 Å². The first kappa shape index (κ1) is 17.4. The van der Waals surface area contributed by atoms with E-state index in [2.05, 4.69) is 42.9 Å². The quantitative estimate of drug-likeness (QED) is 0.809. The summed E-state index contributed by atoms with van der Waals surface area (Å²) in [6.07, 6.45) is 0. The SMILES string of the molecule is Cc1cc(NCCN(C(C)C)C(C)C)c(C(=O)O)c(C)n1. The molecule has 0 aliphatic heterocycles. The Hall–Kier alpha value is -1.62. The van der Waals surface area contributed by atoms with E-state index < -0.39 is 5.97 Å². The van der Waals surface area contributed by atoms with Gasteiger partial charge in [-0.05, 0) is 47.6 Å². The number of nitrogens with one attached hydrogen (secondary N) is 1. The Balaban J connectivity index is 2.82. The van der Waals surface area contributed by atoms with Gasteiger partial charge in [0.15, 0.2) is 0 Å². The average Bonchev–Trinajstić information content (AvgIpc) is 2.31. The van der Waals surface area contributed by atoms with Crippen LogP contribution in [0.5, 0.6) is 0 Å². The van der Waals surface area contributed by atoms with Crippen LogP contribution in [-0.2, 0) is 0 Å². The number of hydrogen-bond donors (Lipinski definition) is 2. The second-order valence-corrected chi connectivity index (χ2v) is 5.93. The number of aryl methyl sites for hydroxylation is 2. The number of pyridine rings is 1. The highest BCUT2D eigenvalue weighted by Gasteiger charge is 2.16. The van der Waals surface area contributed by atoms with Crippen molar-refractivity contribution in [3.05, 3.63) is 23.0 Å². The van der Waals surface area contributed by atoms with Crippen LogP contribution in [-0.4, -0.2) is 46.1 Å². The van der Waals surface area contributed by atoms with E-state index in [0.29, 0.717) is 30.0 Å². The molecule has 5 heteroatoms. The first-order valence-electron chi connectivity index (χ1n) is 7.45. The van der Waals surface area contributed by atoms with E-state index in [0.717, 1.165) is 12.2 Å². The molecule has 1 heterocycles. The van der Waals surface area contributed by atoms with Crippen molar-refractivity contribution < 1.29 is 9.90 Å². The van der Waals surface area contributed by atoms with E-state index in [1.165, 1.54) is 0 Å². The summed E-state index contributed by atoms with van der Waals surface area (Å²) in [5.41, 5.74) is 2.29. The van der Waals surface area contributed by atoms with Gasteiger partial charge in [-0.3, -0.25) is 9.88 Å². The molecule has 118 valence electrons. The van der Waals surface area contributed by atoms with Crippen molar-refractivity contribution in [2.75, 3.05) is 18.4 Å². The molecular weight excluding hydrogens is 266 g/mol. The maximum Gasteiger partial charge on any atom is 0.339 e. The zero-order valence-electron chi connectivity index (χ0n) is 13.9. The normalized spacial score (nSPS) is 11.5. The molecule has 1 aromatic heterocycles. The number of aromatic nitrogens is 1. The number of carboxylic acid groups (broad SMARTS) is 1. The third kappa shape index (κ3) is 4.70. The Morgan fingerprint density at radius 1 is 1.29 bits per heavy atom. The van der Waals surface area contributed by atoms with Crippen LogP contribution in [0.25, 0.3) is 0 Å². The largest absolute Gasteiger partial charge is 0.478 e. The molecule has 0 atom stereocenters. The minimum Gasteiger partial charge on any atom is -0.478 e. The van der Waals surface area contributed by atoms with Crippen LogP contribution < -0.4 is 5.32 Å². The lowest BCUT2D eigenvalue weighted by Crippen LogP contribution is -2.40. The van der Waals surface area contributed by atoms with Gasteiger partial charge in [-0.15, -0.1) is 0 Å². The molecule has 5 nitrogen and oxygen atoms in total. The smallest absolute Gasteiger partial charge is 0.339 e. The minimum atomic E-state index is -0.938. The van der Waals surface area contributed by atoms with Crippen LogP contribution in [0.4, 0.5) is 5.69 Å². The van der Waals surface area contributed by atoms with Gasteiger partial charge in [-0.25, -0.2) is 4.79 Å². The van der Waals surface area contributed by atoms with Gasteiger partial charge in [0.1, 0.15) is 5.56 Å². The van der Waals surface area contributed by atoms with Gasteiger partial charge >= 0.3 is 5.97 Å². The summed E-state index contributed by atoms with van der Waals surface area (Å²) < 4.78 is 0. The predicted molar refractivity (Wildman–Crippen MR) is 86.1 cm³/mol. The van der Waals surface area contributed by atoms with Gasteiger partial charge in [0.05, 0.1) is 11.4 Å². The number of carbonyl (C=O) groups is 1. The van der Waals surface area contributed by atoms with Crippen LogP contribution in [0.3, 0.4) is 0 Å². The van der Waals surface area contributed by atoms with Crippen LogP contribution in [0, 0.1) is 13.8 Å². The molecule has 0 bridgehead atoms. The molecule has 0 saturated carbocycles. The van der Waals surface area contributed by atoms with Crippen LogP contribution in [0.15, 0.2) is 6.07 Å². The van der Waals surface area contributed by atoms with E-state index in [-0.39, 0.29) is 5.56 Å². The van der Waals surface area contributed by atoms with E-state index in [1.54, 1.807) is 13.0 Å². The number of carboxylic acids is 1. The molecule has 0 fully saturated rings. The number of rotatable bonds is 7. The summed E-state index contributed by atoms with van der Waals surface area (Å²) in [6, 6.07) is 2.73. The van der Waals surface area contributed by atoms with Gasteiger partial charge in [-0.2, -0.15) is 0 Å². The highest BCUT2D eigenvalue weighted by atomic mass is 16.4. The fraction of sp³-hybridized carbons (Fsp3) is 0.625. The highest BCUT2D eigenvalue weighted by molar-refractivity contribution is 5.95. The molecule has 2 N–H and O–H groups in total. The number of anilines is 1. The fourth-order valence-electron chi connectivity index (χ4n) is 2.67. The van der Waals surface area contributed by atoms with Crippen LogP contribution >= 0.6 is 0 Å². The molecule has 0 radical (unpaired) electrons. The molecule has 0 aliphatic rings. The molecule has 0 aromatic carbocycles. The van der Waals surface area contributed by atoms with Crippen molar-refractivity contribution in [3.63, 3.8) is 0 Å². The summed E-state index contributed by atoms with van der Waals surface area (Å²) >= 11 is 0. The van der Waals surface area contributed by atoms with Gasteiger partial charge in [0.2, 0.25) is 0 Å². The lowest BCUT2D eigenvalue weighted by atomic mass is 10.1. The van der Waals surface area contributed by atoms with E-state index in [9.17, 15) is 9.90 Å². The standard InChI is InChI=1S/C16H27N3O2/c1-10(2)19(11(3)4)8-7-17-14-9-12(5)18-13(6)15(14)16(20)21/h9-11H,7-8H2,1-6H3,(H,17,18)(H,20,21). The van der Waals surface area contributed by atoms with Crippen molar-refractivity contribution in [1.82, 2.24) is 9.88 Å². The van der Waals surface area contributed by atoms with Crippen molar-refractivity contribution in [3.8, 4) is 0 Å². The molecule has 21 heavy (non-hydrogen) atoms. The van der Waals surface area contributed by atoms with E-state index >= 15 is 0 Å². The van der Waals surface area contributed by atoms with Gasteiger partial charge in [0, 0.05) is 30.9 Å². The number of nitrogens with zero attached hydrogens (tertiary/aromatic N) is 2. The van der Waals surface area contributed by atoms with Crippen molar-refractivity contribution in [1.29, 1.82) is 0 Å². The van der Waals surface area contributed by atoms with Crippen LogP contribution in [0.2, 0.25) is 0 Å². The molecule has 0 spiro atoms. The topological polar surface area (TPSA) is 65.5 Å². The molecule has 0 aliphatic carbocycles. The second-order valence-electron chi connectivity index (χ2n) is 5.93. The predicted octanol–water partition coefficient (Wildman–Crippen LogP) is 2.93. The van der Waals surface area contributed by atoms with Gasteiger partial charge in [0.25, 0.3) is 0 Å². The molecule has 1 aromatic rings. The van der Waals surface area contributed by atoms with Crippen molar-refractivity contribution >= 4 is 11.7 Å². The van der Waals surface area contributed by atoms with Gasteiger partial charge < -0.3 is 10.4 Å². The Morgan fingerprint density at radius 2 is 1.86 bits per heavy atom. The zero-order valence-corrected chi connectivity index (χ0v) is 13.9. The summed E-state index contributed by atoms with van der Waals surface area (Å²) in [7, 11) is 0. The maximum atomic E-state index is 11.4. The van der Waals surface area contributed by atoms with Crippen molar-refractivity contribution in [2.24, 2.45) is 0 Å². The number of aromatic carboxylic acids is 1. The highest BCUT2D eigenvalue weighted by Crippen LogP contribution is 2.19. The first-order chi connectivity index (χ1) is 9.73.